The molecule has 1 aromatic carbocycles. The summed E-state index contributed by atoms with van der Waals surface area (Å²) in [4.78, 5) is 2.42. The molecule has 26 heavy (non-hydrogen) atoms. The maximum absolute atomic E-state index is 13.8. The largest absolute Gasteiger partial charge is 0.299 e. The highest BCUT2D eigenvalue weighted by Gasteiger charge is 2.20. The zero-order valence-electron chi connectivity index (χ0n) is 14.8. The third-order valence-corrected chi connectivity index (χ3v) is 5.22. The van der Waals surface area contributed by atoms with Crippen LogP contribution in [0.3, 0.4) is 0 Å². The Labute approximate surface area is 153 Å². The molecular formula is C20H24FN5. The van der Waals surface area contributed by atoms with Crippen LogP contribution in [-0.2, 0) is 13.1 Å². The van der Waals surface area contributed by atoms with E-state index in [-0.39, 0.29) is 5.82 Å². The SMILES string of the molecule is Fc1ccc(-n2cccn2)c(CN2CCC(CCn3cccn3)CC2)c1. The van der Waals surface area contributed by atoms with E-state index in [0.29, 0.717) is 0 Å². The summed E-state index contributed by atoms with van der Waals surface area (Å²) in [5.41, 5.74) is 1.95. The molecule has 5 nitrogen and oxygen atoms in total. The van der Waals surface area contributed by atoms with Crippen molar-refractivity contribution in [1.82, 2.24) is 24.5 Å². The van der Waals surface area contributed by atoms with E-state index in [1.54, 1.807) is 12.3 Å². The molecule has 0 saturated carbocycles. The lowest BCUT2D eigenvalue weighted by Crippen LogP contribution is -2.34. The maximum Gasteiger partial charge on any atom is 0.123 e. The van der Waals surface area contributed by atoms with Gasteiger partial charge >= 0.3 is 0 Å². The Balaban J connectivity index is 1.35. The Hall–Kier alpha value is -2.47. The molecule has 0 spiro atoms. The Bertz CT molecular complexity index is 805. The molecule has 1 fully saturated rings. The lowest BCUT2D eigenvalue weighted by atomic mass is 9.93. The van der Waals surface area contributed by atoms with Gasteiger partial charge in [0.25, 0.3) is 0 Å². The second-order valence-corrected chi connectivity index (χ2v) is 7.00. The van der Waals surface area contributed by atoms with Crippen LogP contribution in [-0.4, -0.2) is 37.6 Å². The van der Waals surface area contributed by atoms with Crippen LogP contribution < -0.4 is 0 Å². The number of aryl methyl sites for hydroxylation is 1. The van der Waals surface area contributed by atoms with Crippen molar-refractivity contribution in [2.45, 2.75) is 32.4 Å². The molecule has 0 radical (unpaired) electrons. The van der Waals surface area contributed by atoms with Gasteiger partial charge in [-0.2, -0.15) is 10.2 Å². The van der Waals surface area contributed by atoms with E-state index in [1.807, 2.05) is 46.2 Å². The van der Waals surface area contributed by atoms with E-state index >= 15 is 0 Å². The zero-order chi connectivity index (χ0) is 17.8. The number of hydrogen-bond acceptors (Lipinski definition) is 3. The molecule has 1 aliphatic rings. The van der Waals surface area contributed by atoms with Crippen LogP contribution in [0.1, 0.15) is 24.8 Å². The van der Waals surface area contributed by atoms with Crippen LogP contribution in [0.4, 0.5) is 4.39 Å². The molecular weight excluding hydrogens is 329 g/mol. The van der Waals surface area contributed by atoms with Gasteiger partial charge in [-0.3, -0.25) is 9.58 Å². The summed E-state index contributed by atoms with van der Waals surface area (Å²) in [6, 6.07) is 8.81. The first kappa shape index (κ1) is 17.0. The number of rotatable bonds is 6. The predicted octanol–water partition coefficient (Wildman–Crippen LogP) is 3.51. The van der Waals surface area contributed by atoms with Crippen molar-refractivity contribution in [1.29, 1.82) is 0 Å². The highest BCUT2D eigenvalue weighted by molar-refractivity contribution is 5.40. The summed E-state index contributed by atoms with van der Waals surface area (Å²) in [6.07, 6.45) is 11.1. The minimum Gasteiger partial charge on any atom is -0.299 e. The summed E-state index contributed by atoms with van der Waals surface area (Å²) in [7, 11) is 0. The summed E-state index contributed by atoms with van der Waals surface area (Å²) in [6.45, 7) is 3.86. The highest BCUT2D eigenvalue weighted by atomic mass is 19.1. The molecule has 6 heteroatoms. The maximum atomic E-state index is 13.8. The standard InChI is InChI=1S/C20H24FN5/c21-19-3-4-20(26-11-2-9-23-26)18(15-19)16-24-12-5-17(6-13-24)7-14-25-10-1-8-22-25/h1-4,8-11,15,17H,5-7,12-14,16H2. The van der Waals surface area contributed by atoms with E-state index in [9.17, 15) is 4.39 Å². The first-order valence-corrected chi connectivity index (χ1v) is 9.26. The molecule has 0 N–H and O–H groups in total. The Morgan fingerprint density at radius 3 is 2.58 bits per heavy atom. The minimum absolute atomic E-state index is 0.190. The van der Waals surface area contributed by atoms with Gasteiger partial charge in [0.1, 0.15) is 5.82 Å². The fraction of sp³-hybridized carbons (Fsp3) is 0.400. The van der Waals surface area contributed by atoms with Crippen LogP contribution in [0.25, 0.3) is 5.69 Å². The number of aromatic nitrogens is 4. The van der Waals surface area contributed by atoms with Gasteiger partial charge in [0.05, 0.1) is 5.69 Å². The number of likely N-dealkylation sites (tertiary alicyclic amines) is 1. The van der Waals surface area contributed by atoms with E-state index < -0.39 is 0 Å². The third kappa shape index (κ3) is 4.02. The molecule has 3 aromatic rings. The average molecular weight is 353 g/mol. The van der Waals surface area contributed by atoms with Crippen molar-refractivity contribution in [2.24, 2.45) is 5.92 Å². The van der Waals surface area contributed by atoms with Gasteiger partial charge in [0.2, 0.25) is 0 Å². The second kappa shape index (κ2) is 7.83. The first-order chi connectivity index (χ1) is 12.8. The summed E-state index contributed by atoms with van der Waals surface area (Å²) >= 11 is 0. The van der Waals surface area contributed by atoms with Gasteiger partial charge < -0.3 is 0 Å². The van der Waals surface area contributed by atoms with Crippen LogP contribution >= 0.6 is 0 Å². The van der Waals surface area contributed by atoms with E-state index in [2.05, 4.69) is 15.1 Å². The fourth-order valence-electron chi connectivity index (χ4n) is 3.74. The van der Waals surface area contributed by atoms with E-state index in [4.69, 9.17) is 0 Å². The van der Waals surface area contributed by atoms with Crippen LogP contribution in [0.2, 0.25) is 0 Å². The average Bonchev–Trinajstić information content (AvgIpc) is 3.35. The molecule has 0 amide bonds. The molecule has 2 aromatic heterocycles. The van der Waals surface area contributed by atoms with Crippen molar-refractivity contribution in [3.8, 4) is 5.69 Å². The molecule has 1 aliphatic heterocycles. The molecule has 1 saturated heterocycles. The minimum atomic E-state index is -0.190. The van der Waals surface area contributed by atoms with Gasteiger partial charge in [0, 0.05) is 37.9 Å². The van der Waals surface area contributed by atoms with Gasteiger partial charge in [0.15, 0.2) is 0 Å². The van der Waals surface area contributed by atoms with Crippen LogP contribution in [0.5, 0.6) is 0 Å². The molecule has 136 valence electrons. The van der Waals surface area contributed by atoms with Crippen molar-refractivity contribution < 1.29 is 4.39 Å². The van der Waals surface area contributed by atoms with Crippen LogP contribution in [0, 0.1) is 11.7 Å². The van der Waals surface area contributed by atoms with Crippen LogP contribution in [0.15, 0.2) is 55.1 Å². The lowest BCUT2D eigenvalue weighted by molar-refractivity contribution is 0.168. The van der Waals surface area contributed by atoms with E-state index in [1.165, 1.54) is 25.3 Å². The number of nitrogens with zero attached hydrogens (tertiary/aromatic N) is 5. The van der Waals surface area contributed by atoms with Gasteiger partial charge in [-0.05, 0) is 74.2 Å². The summed E-state index contributed by atoms with van der Waals surface area (Å²) in [5.74, 6) is 0.554. The van der Waals surface area contributed by atoms with E-state index in [0.717, 1.165) is 43.3 Å². The Kier molecular flexibility index (Phi) is 5.11. The molecule has 0 bridgehead atoms. The van der Waals surface area contributed by atoms with Crippen molar-refractivity contribution in [3.63, 3.8) is 0 Å². The first-order valence-electron chi connectivity index (χ1n) is 9.26. The molecule has 0 atom stereocenters. The van der Waals surface area contributed by atoms with Crippen molar-refractivity contribution >= 4 is 0 Å². The normalized spacial score (nSPS) is 16.2. The number of hydrogen-bond donors (Lipinski definition) is 0. The summed E-state index contributed by atoms with van der Waals surface area (Å²) in [5, 5.41) is 8.57. The number of halogens is 1. The smallest absolute Gasteiger partial charge is 0.123 e. The topological polar surface area (TPSA) is 38.9 Å². The number of benzene rings is 1. The van der Waals surface area contributed by atoms with Crippen molar-refractivity contribution in [2.75, 3.05) is 13.1 Å². The highest BCUT2D eigenvalue weighted by Crippen LogP contribution is 2.24. The Morgan fingerprint density at radius 2 is 1.85 bits per heavy atom. The Morgan fingerprint density at radius 1 is 1.04 bits per heavy atom. The van der Waals surface area contributed by atoms with Gasteiger partial charge in [-0.15, -0.1) is 0 Å². The monoisotopic (exact) mass is 353 g/mol. The fourth-order valence-corrected chi connectivity index (χ4v) is 3.74. The molecule has 0 aliphatic carbocycles. The lowest BCUT2D eigenvalue weighted by Gasteiger charge is -2.32. The third-order valence-electron chi connectivity index (χ3n) is 5.22. The second-order valence-electron chi connectivity index (χ2n) is 7.00. The molecule has 3 heterocycles. The predicted molar refractivity (Wildman–Crippen MR) is 98.4 cm³/mol. The van der Waals surface area contributed by atoms with Crippen molar-refractivity contribution in [3.05, 3.63) is 66.5 Å². The zero-order valence-corrected chi connectivity index (χ0v) is 14.8. The molecule has 4 rings (SSSR count). The summed E-state index contributed by atoms with van der Waals surface area (Å²) < 4.78 is 17.6. The molecule has 0 unspecified atom stereocenters. The van der Waals surface area contributed by atoms with Gasteiger partial charge in [-0.25, -0.2) is 9.07 Å². The van der Waals surface area contributed by atoms with Gasteiger partial charge in [-0.1, -0.05) is 0 Å². The quantitative estimate of drug-likeness (QED) is 0.681. The number of piperidine rings is 1.